The average molecular weight is 390 g/mol. The van der Waals surface area contributed by atoms with Gasteiger partial charge in [0.2, 0.25) is 5.16 Å². The molecule has 1 unspecified atom stereocenters. The third-order valence-electron chi connectivity index (χ3n) is 4.12. The van der Waals surface area contributed by atoms with Crippen LogP contribution in [0.2, 0.25) is 0 Å². The highest BCUT2D eigenvalue weighted by molar-refractivity contribution is 7.99. The van der Waals surface area contributed by atoms with Crippen molar-refractivity contribution in [3.05, 3.63) is 35.6 Å². The van der Waals surface area contributed by atoms with E-state index in [-0.39, 0.29) is 12.1 Å². The van der Waals surface area contributed by atoms with Gasteiger partial charge in [-0.3, -0.25) is 0 Å². The minimum Gasteiger partial charge on any atom is -0.494 e. The van der Waals surface area contributed by atoms with Crippen LogP contribution in [-0.4, -0.2) is 46.4 Å². The molecule has 9 heteroatoms. The average Bonchev–Trinajstić information content (AvgIpc) is 3.23. The smallest absolute Gasteiger partial charge is 0.337 e. The fourth-order valence-electron chi connectivity index (χ4n) is 2.78. The summed E-state index contributed by atoms with van der Waals surface area (Å²) in [5.74, 6) is 8.37. The van der Waals surface area contributed by atoms with Gasteiger partial charge in [0.15, 0.2) is 5.82 Å². The molecular formula is C18H22N4O4S. The molecule has 27 heavy (non-hydrogen) atoms. The van der Waals surface area contributed by atoms with E-state index in [1.165, 1.54) is 23.5 Å². The van der Waals surface area contributed by atoms with Gasteiger partial charge in [0.05, 0.1) is 19.3 Å². The summed E-state index contributed by atoms with van der Waals surface area (Å²) in [5.41, 5.74) is 1.43. The summed E-state index contributed by atoms with van der Waals surface area (Å²) in [6.07, 6.45) is 0.380. The van der Waals surface area contributed by atoms with Crippen LogP contribution in [0.15, 0.2) is 40.8 Å². The van der Waals surface area contributed by atoms with E-state index < -0.39 is 0 Å². The molecule has 1 aliphatic heterocycles. The van der Waals surface area contributed by atoms with E-state index >= 15 is 0 Å². The summed E-state index contributed by atoms with van der Waals surface area (Å²) < 4.78 is 17.4. The van der Waals surface area contributed by atoms with Crippen molar-refractivity contribution in [2.75, 3.05) is 25.3 Å². The van der Waals surface area contributed by atoms with Crippen molar-refractivity contribution in [2.24, 2.45) is 0 Å². The number of carbonyl (C=O) groups excluding carboxylic acids is 1. The first-order valence-electron chi connectivity index (χ1n) is 8.54. The van der Waals surface area contributed by atoms with Gasteiger partial charge in [-0.05, 0) is 38.1 Å². The van der Waals surface area contributed by atoms with Crippen molar-refractivity contribution >= 4 is 17.7 Å². The fraction of sp³-hybridized carbons (Fsp3) is 0.389. The van der Waals surface area contributed by atoms with Crippen molar-refractivity contribution in [2.45, 2.75) is 31.5 Å². The lowest BCUT2D eigenvalue weighted by molar-refractivity contribution is -0.136. The third-order valence-corrected chi connectivity index (χ3v) is 5.19. The molecule has 1 aliphatic rings. The van der Waals surface area contributed by atoms with Crippen LogP contribution < -0.4 is 10.6 Å². The number of hydrogen-bond acceptors (Lipinski definition) is 8. The number of allylic oxidation sites excluding steroid dienone is 1. The molecule has 3 rings (SSSR count). The fourth-order valence-corrected chi connectivity index (χ4v) is 3.63. The summed E-state index contributed by atoms with van der Waals surface area (Å²) in [5, 5.41) is 8.91. The van der Waals surface area contributed by atoms with Crippen LogP contribution in [0.5, 0.6) is 5.75 Å². The number of benzene rings is 1. The lowest BCUT2D eigenvalue weighted by Crippen LogP contribution is -2.15. The van der Waals surface area contributed by atoms with Crippen LogP contribution in [0.3, 0.4) is 0 Å². The Morgan fingerprint density at radius 3 is 2.78 bits per heavy atom. The Morgan fingerprint density at radius 1 is 1.37 bits per heavy atom. The molecular weight excluding hydrogens is 368 g/mol. The number of esters is 1. The van der Waals surface area contributed by atoms with E-state index in [1.54, 1.807) is 6.92 Å². The second-order valence-electron chi connectivity index (χ2n) is 5.91. The number of hydrogen-bond donors (Lipinski definition) is 1. The van der Waals surface area contributed by atoms with Crippen molar-refractivity contribution < 1.29 is 19.0 Å². The number of nitrogen functional groups attached to an aromatic ring is 1. The number of rotatable bonds is 7. The molecule has 0 aliphatic carbocycles. The predicted molar refractivity (Wildman–Crippen MR) is 102 cm³/mol. The maximum Gasteiger partial charge on any atom is 0.337 e. The quantitative estimate of drug-likeness (QED) is 0.437. The van der Waals surface area contributed by atoms with Gasteiger partial charge >= 0.3 is 5.97 Å². The number of methoxy groups -OCH3 is 1. The van der Waals surface area contributed by atoms with Crippen LogP contribution in [0.1, 0.15) is 20.3 Å². The molecule has 2 heterocycles. The number of aromatic nitrogens is 3. The Kier molecular flexibility index (Phi) is 5.90. The number of nitrogens with zero attached hydrogens (tertiary/aromatic N) is 3. The standard InChI is InChI=1S/C18H22N4O4S/c1-4-25-13-7-5-12(6-8-13)16-20-21-18(22(16)19)27-10-14-9-15(11(2)26-14)17(23)24-3/h5-8,14H,4,9-10,19H2,1-3H3. The molecule has 2 N–H and O–H groups in total. The van der Waals surface area contributed by atoms with Gasteiger partial charge in [-0.25, -0.2) is 9.47 Å². The Hall–Kier alpha value is -2.68. The Balaban J connectivity index is 1.62. The summed E-state index contributed by atoms with van der Waals surface area (Å²) in [6, 6.07) is 7.52. The second kappa shape index (κ2) is 8.34. The van der Waals surface area contributed by atoms with Crippen LogP contribution in [0.25, 0.3) is 11.4 Å². The van der Waals surface area contributed by atoms with Gasteiger partial charge in [-0.1, -0.05) is 11.8 Å². The second-order valence-corrected chi connectivity index (χ2v) is 6.90. The first-order valence-corrected chi connectivity index (χ1v) is 9.53. The Labute approximate surface area is 161 Å². The predicted octanol–water partition coefficient (Wildman–Crippen LogP) is 2.39. The molecule has 1 atom stereocenters. The van der Waals surface area contributed by atoms with Gasteiger partial charge in [0.1, 0.15) is 17.6 Å². The van der Waals surface area contributed by atoms with Gasteiger partial charge in [0.25, 0.3) is 0 Å². The largest absolute Gasteiger partial charge is 0.494 e. The molecule has 0 bridgehead atoms. The number of ether oxygens (including phenoxy) is 3. The zero-order valence-corrected chi connectivity index (χ0v) is 16.3. The molecule has 0 radical (unpaired) electrons. The number of thioether (sulfide) groups is 1. The minimum atomic E-state index is -0.347. The van der Waals surface area contributed by atoms with E-state index in [9.17, 15) is 4.79 Å². The van der Waals surface area contributed by atoms with Crippen molar-refractivity contribution in [1.29, 1.82) is 0 Å². The first-order chi connectivity index (χ1) is 13.0. The van der Waals surface area contributed by atoms with E-state index in [2.05, 4.69) is 10.2 Å². The zero-order valence-electron chi connectivity index (χ0n) is 15.5. The molecule has 144 valence electrons. The molecule has 0 saturated heterocycles. The molecule has 1 aromatic carbocycles. The summed E-state index contributed by atoms with van der Waals surface area (Å²) in [7, 11) is 1.37. The van der Waals surface area contributed by atoms with Crippen molar-refractivity contribution in [3.63, 3.8) is 0 Å². The van der Waals surface area contributed by atoms with Crippen molar-refractivity contribution in [3.8, 4) is 17.1 Å². The lowest BCUT2D eigenvalue weighted by atomic mass is 10.1. The van der Waals surface area contributed by atoms with Crippen LogP contribution >= 0.6 is 11.8 Å². The van der Waals surface area contributed by atoms with E-state index in [0.29, 0.717) is 41.1 Å². The molecule has 1 aromatic heterocycles. The monoisotopic (exact) mass is 390 g/mol. The van der Waals surface area contributed by atoms with Crippen LogP contribution in [-0.2, 0) is 14.3 Å². The highest BCUT2D eigenvalue weighted by atomic mass is 32.2. The SMILES string of the molecule is CCOc1ccc(-c2nnc(SCC3CC(C(=O)OC)=C(C)O3)n2N)cc1. The zero-order chi connectivity index (χ0) is 19.4. The molecule has 0 saturated carbocycles. The van der Waals surface area contributed by atoms with Gasteiger partial charge in [-0.15, -0.1) is 10.2 Å². The molecule has 0 amide bonds. The third kappa shape index (κ3) is 4.19. The first kappa shape index (κ1) is 19.1. The van der Waals surface area contributed by atoms with E-state index in [0.717, 1.165) is 11.3 Å². The Morgan fingerprint density at radius 2 is 2.11 bits per heavy atom. The van der Waals surface area contributed by atoms with Crippen molar-refractivity contribution in [1.82, 2.24) is 14.9 Å². The molecule has 0 spiro atoms. The lowest BCUT2D eigenvalue weighted by Gasteiger charge is -2.10. The van der Waals surface area contributed by atoms with E-state index in [4.69, 9.17) is 20.1 Å². The highest BCUT2D eigenvalue weighted by Gasteiger charge is 2.29. The van der Waals surface area contributed by atoms with Crippen LogP contribution in [0.4, 0.5) is 0 Å². The molecule has 0 fully saturated rings. The summed E-state index contributed by atoms with van der Waals surface area (Å²) in [4.78, 5) is 11.7. The van der Waals surface area contributed by atoms with E-state index in [1.807, 2.05) is 31.2 Å². The topological polar surface area (TPSA) is 101 Å². The molecule has 8 nitrogen and oxygen atoms in total. The molecule has 2 aromatic rings. The normalized spacial score (nSPS) is 16.3. The number of carbonyl (C=O) groups is 1. The van der Waals surface area contributed by atoms with Gasteiger partial charge < -0.3 is 20.1 Å². The Bertz CT molecular complexity index is 848. The summed E-state index contributed by atoms with van der Waals surface area (Å²) in [6.45, 7) is 4.32. The maximum atomic E-state index is 11.7. The number of nitrogens with two attached hydrogens (primary N) is 1. The highest BCUT2D eigenvalue weighted by Crippen LogP contribution is 2.30. The summed E-state index contributed by atoms with van der Waals surface area (Å²) >= 11 is 1.43. The van der Waals surface area contributed by atoms with Gasteiger partial charge in [0, 0.05) is 17.7 Å². The van der Waals surface area contributed by atoms with Gasteiger partial charge in [-0.2, -0.15) is 0 Å². The van der Waals surface area contributed by atoms with Crippen LogP contribution in [0, 0.1) is 0 Å². The maximum absolute atomic E-state index is 11.7. The minimum absolute atomic E-state index is 0.130.